The van der Waals surface area contributed by atoms with Gasteiger partial charge in [-0.1, -0.05) is 32.0 Å². The van der Waals surface area contributed by atoms with E-state index in [4.69, 9.17) is 4.74 Å². The lowest BCUT2D eigenvalue weighted by Crippen LogP contribution is -2.31. The molecule has 3 nitrogen and oxygen atoms in total. The summed E-state index contributed by atoms with van der Waals surface area (Å²) in [4.78, 5) is 12.7. The molecule has 0 heterocycles. The number of benzene rings is 2. The maximum Gasteiger partial charge on any atom is 0.230 e. The second-order valence-electron chi connectivity index (χ2n) is 7.94. The number of nitrogens with one attached hydrogen (secondary N) is 1. The van der Waals surface area contributed by atoms with Gasteiger partial charge in [-0.2, -0.15) is 0 Å². The lowest BCUT2D eigenvalue weighted by molar-refractivity contribution is -0.124. The van der Waals surface area contributed by atoms with Gasteiger partial charge in [-0.25, -0.2) is 0 Å². The molecule has 0 fully saturated rings. The van der Waals surface area contributed by atoms with Crippen LogP contribution in [0.2, 0.25) is 0 Å². The van der Waals surface area contributed by atoms with Crippen molar-refractivity contribution < 1.29 is 9.53 Å². The third-order valence-corrected chi connectivity index (χ3v) is 4.64. The van der Waals surface area contributed by atoms with Gasteiger partial charge in [0.2, 0.25) is 5.91 Å². The van der Waals surface area contributed by atoms with Crippen molar-refractivity contribution >= 4 is 11.6 Å². The van der Waals surface area contributed by atoms with Gasteiger partial charge in [-0.15, -0.1) is 0 Å². The molecule has 0 aliphatic carbocycles. The molecule has 0 spiro atoms. The third kappa shape index (κ3) is 5.62. The van der Waals surface area contributed by atoms with E-state index in [1.165, 1.54) is 5.56 Å². The Morgan fingerprint density at radius 3 is 2.27 bits per heavy atom. The molecular formula is C23H31NO2. The van der Waals surface area contributed by atoms with E-state index in [0.29, 0.717) is 6.61 Å². The van der Waals surface area contributed by atoms with Crippen molar-refractivity contribution in [3.05, 3.63) is 58.7 Å². The van der Waals surface area contributed by atoms with Crippen LogP contribution in [0.15, 0.2) is 36.4 Å². The molecule has 0 unspecified atom stereocenters. The third-order valence-electron chi connectivity index (χ3n) is 4.64. The first-order valence-corrected chi connectivity index (χ1v) is 9.27. The Hall–Kier alpha value is -2.29. The molecule has 0 bridgehead atoms. The number of aryl methyl sites for hydroxylation is 4. The molecular weight excluding hydrogens is 322 g/mol. The van der Waals surface area contributed by atoms with Crippen molar-refractivity contribution in [3.8, 4) is 5.75 Å². The number of hydrogen-bond donors (Lipinski definition) is 1. The zero-order chi connectivity index (χ0) is 19.3. The van der Waals surface area contributed by atoms with Gasteiger partial charge in [0, 0.05) is 11.1 Å². The van der Waals surface area contributed by atoms with Gasteiger partial charge >= 0.3 is 0 Å². The summed E-state index contributed by atoms with van der Waals surface area (Å²) in [5.74, 6) is 0.983. The largest absolute Gasteiger partial charge is 0.493 e. The van der Waals surface area contributed by atoms with E-state index in [9.17, 15) is 4.79 Å². The van der Waals surface area contributed by atoms with Crippen LogP contribution >= 0.6 is 0 Å². The van der Waals surface area contributed by atoms with Crippen molar-refractivity contribution in [2.75, 3.05) is 11.9 Å². The van der Waals surface area contributed by atoms with Crippen LogP contribution in [0.25, 0.3) is 0 Å². The van der Waals surface area contributed by atoms with E-state index in [0.717, 1.165) is 41.0 Å². The molecule has 0 aromatic heterocycles. The summed E-state index contributed by atoms with van der Waals surface area (Å²) in [6.45, 7) is 12.8. The number of carbonyl (C=O) groups is 1. The molecule has 3 heteroatoms. The summed E-state index contributed by atoms with van der Waals surface area (Å²) in [6.07, 6.45) is 1.61. The fourth-order valence-corrected chi connectivity index (χ4v) is 3.02. The van der Waals surface area contributed by atoms with Crippen LogP contribution in [0.4, 0.5) is 5.69 Å². The number of hydrogen-bond acceptors (Lipinski definition) is 2. The Morgan fingerprint density at radius 1 is 0.962 bits per heavy atom. The zero-order valence-corrected chi connectivity index (χ0v) is 16.9. The molecule has 2 rings (SSSR count). The highest BCUT2D eigenvalue weighted by Gasteiger charge is 2.27. The summed E-state index contributed by atoms with van der Waals surface area (Å²) in [7, 11) is 0. The van der Waals surface area contributed by atoms with Crippen molar-refractivity contribution in [2.24, 2.45) is 5.41 Å². The highest BCUT2D eigenvalue weighted by molar-refractivity contribution is 5.94. The normalized spacial score (nSPS) is 11.3. The number of carbonyl (C=O) groups excluding carboxylic acids is 1. The lowest BCUT2D eigenvalue weighted by Gasteiger charge is -2.24. The fourth-order valence-electron chi connectivity index (χ4n) is 3.02. The van der Waals surface area contributed by atoms with Gasteiger partial charge in [0.1, 0.15) is 5.75 Å². The fraction of sp³-hybridized carbons (Fsp3) is 0.435. The number of rotatable bonds is 7. The predicted molar refractivity (Wildman–Crippen MR) is 109 cm³/mol. The van der Waals surface area contributed by atoms with Gasteiger partial charge in [-0.05, 0) is 81.0 Å². The minimum absolute atomic E-state index is 0.0502. The highest BCUT2D eigenvalue weighted by Crippen LogP contribution is 2.26. The van der Waals surface area contributed by atoms with E-state index in [1.54, 1.807) is 0 Å². The van der Waals surface area contributed by atoms with Crippen LogP contribution < -0.4 is 10.1 Å². The van der Waals surface area contributed by atoms with Crippen LogP contribution in [-0.4, -0.2) is 12.5 Å². The van der Waals surface area contributed by atoms with Crippen molar-refractivity contribution in [1.82, 2.24) is 0 Å². The molecule has 0 radical (unpaired) electrons. The monoisotopic (exact) mass is 353 g/mol. The highest BCUT2D eigenvalue weighted by atomic mass is 16.5. The topological polar surface area (TPSA) is 38.3 Å². The molecule has 0 atom stereocenters. The average molecular weight is 354 g/mol. The van der Waals surface area contributed by atoms with Crippen LogP contribution in [-0.2, 0) is 4.79 Å². The summed E-state index contributed by atoms with van der Waals surface area (Å²) >= 11 is 0. The molecule has 0 aliphatic rings. The van der Waals surface area contributed by atoms with E-state index in [-0.39, 0.29) is 5.91 Å². The minimum Gasteiger partial charge on any atom is -0.493 e. The molecule has 2 aromatic carbocycles. The van der Waals surface area contributed by atoms with Crippen LogP contribution in [0.1, 0.15) is 48.9 Å². The molecule has 2 aromatic rings. The van der Waals surface area contributed by atoms with Crippen LogP contribution in [0, 0.1) is 33.1 Å². The lowest BCUT2D eigenvalue weighted by atomic mass is 9.86. The molecule has 1 amide bonds. The Bertz CT molecular complexity index is 758. The summed E-state index contributed by atoms with van der Waals surface area (Å²) in [6, 6.07) is 12.3. The van der Waals surface area contributed by atoms with Crippen LogP contribution in [0.5, 0.6) is 5.75 Å². The van der Waals surface area contributed by atoms with Crippen LogP contribution in [0.3, 0.4) is 0 Å². The molecule has 0 saturated heterocycles. The van der Waals surface area contributed by atoms with Crippen molar-refractivity contribution in [2.45, 2.75) is 54.4 Å². The molecule has 0 aliphatic heterocycles. The molecule has 1 N–H and O–H groups in total. The standard InChI is InChI=1S/C23H31NO2/c1-16-8-9-19(4)21(15-16)26-11-7-10-23(5,6)22(25)24-20-13-17(2)12-18(3)14-20/h8-9,12-15H,7,10-11H2,1-6H3,(H,24,25). The SMILES string of the molecule is Cc1cc(C)cc(NC(=O)C(C)(C)CCCOc2cc(C)ccc2C)c1. The van der Waals surface area contributed by atoms with Gasteiger partial charge < -0.3 is 10.1 Å². The van der Waals surface area contributed by atoms with E-state index in [1.807, 2.05) is 39.8 Å². The van der Waals surface area contributed by atoms with Gasteiger partial charge in [0.15, 0.2) is 0 Å². The van der Waals surface area contributed by atoms with Crippen molar-refractivity contribution in [3.63, 3.8) is 0 Å². The zero-order valence-electron chi connectivity index (χ0n) is 16.9. The average Bonchev–Trinajstić information content (AvgIpc) is 2.53. The first-order chi connectivity index (χ1) is 12.2. The quantitative estimate of drug-likeness (QED) is 0.644. The first kappa shape index (κ1) is 20.0. The summed E-state index contributed by atoms with van der Waals surface area (Å²) in [5.41, 5.74) is 5.07. The Balaban J connectivity index is 1.87. The number of anilines is 1. The minimum atomic E-state index is -0.442. The second-order valence-corrected chi connectivity index (χ2v) is 7.94. The first-order valence-electron chi connectivity index (χ1n) is 9.27. The molecule has 26 heavy (non-hydrogen) atoms. The molecule has 0 saturated carbocycles. The predicted octanol–water partition coefficient (Wildman–Crippen LogP) is 5.74. The van der Waals surface area contributed by atoms with Gasteiger partial charge in [-0.3, -0.25) is 4.79 Å². The van der Waals surface area contributed by atoms with E-state index >= 15 is 0 Å². The molecule has 140 valence electrons. The van der Waals surface area contributed by atoms with Gasteiger partial charge in [0.25, 0.3) is 0 Å². The second kappa shape index (κ2) is 8.39. The van der Waals surface area contributed by atoms with E-state index in [2.05, 4.69) is 43.4 Å². The number of ether oxygens (including phenoxy) is 1. The summed E-state index contributed by atoms with van der Waals surface area (Å²) in [5, 5.41) is 3.06. The number of amides is 1. The summed E-state index contributed by atoms with van der Waals surface area (Å²) < 4.78 is 5.91. The smallest absolute Gasteiger partial charge is 0.230 e. The maximum atomic E-state index is 12.7. The Morgan fingerprint density at radius 2 is 1.62 bits per heavy atom. The Kier molecular flexibility index (Phi) is 6.47. The maximum absolute atomic E-state index is 12.7. The van der Waals surface area contributed by atoms with E-state index < -0.39 is 5.41 Å². The van der Waals surface area contributed by atoms with Crippen molar-refractivity contribution in [1.29, 1.82) is 0 Å². The van der Waals surface area contributed by atoms with Gasteiger partial charge in [0.05, 0.1) is 6.61 Å². The Labute approximate surface area is 157 Å².